The second-order valence-corrected chi connectivity index (χ2v) is 5.65. The molecular formula is C14H21ClFN3. The summed E-state index contributed by atoms with van der Waals surface area (Å²) in [6, 6.07) is 5.60. The van der Waals surface area contributed by atoms with Gasteiger partial charge in [-0.2, -0.15) is 0 Å². The van der Waals surface area contributed by atoms with Gasteiger partial charge in [0.05, 0.1) is 5.02 Å². The molecule has 0 saturated carbocycles. The Morgan fingerprint density at radius 1 is 1.37 bits per heavy atom. The molecule has 0 amide bonds. The Morgan fingerprint density at radius 2 is 2.16 bits per heavy atom. The summed E-state index contributed by atoms with van der Waals surface area (Å²) in [5, 5.41) is 3.51. The molecule has 5 heteroatoms. The summed E-state index contributed by atoms with van der Waals surface area (Å²) >= 11 is 5.77. The van der Waals surface area contributed by atoms with Gasteiger partial charge in [-0.05, 0) is 20.2 Å². The monoisotopic (exact) mass is 285 g/mol. The van der Waals surface area contributed by atoms with Gasteiger partial charge >= 0.3 is 0 Å². The zero-order chi connectivity index (χ0) is 13.8. The first-order valence-corrected chi connectivity index (χ1v) is 6.98. The van der Waals surface area contributed by atoms with Gasteiger partial charge in [-0.25, -0.2) is 4.39 Å². The van der Waals surface area contributed by atoms with Gasteiger partial charge in [-0.3, -0.25) is 4.90 Å². The smallest absolute Gasteiger partial charge is 0.146 e. The van der Waals surface area contributed by atoms with E-state index < -0.39 is 0 Å². The van der Waals surface area contributed by atoms with E-state index in [1.807, 2.05) is 0 Å². The van der Waals surface area contributed by atoms with E-state index >= 15 is 0 Å². The minimum atomic E-state index is -0.314. The van der Waals surface area contributed by atoms with Crippen LogP contribution in [0.25, 0.3) is 0 Å². The van der Waals surface area contributed by atoms with E-state index in [2.05, 4.69) is 29.2 Å². The van der Waals surface area contributed by atoms with Crippen LogP contribution in [0.4, 0.5) is 4.39 Å². The maximum Gasteiger partial charge on any atom is 0.146 e. The third kappa shape index (κ3) is 3.89. The molecule has 0 bridgehead atoms. The number of benzene rings is 1. The van der Waals surface area contributed by atoms with Crippen LogP contribution >= 0.6 is 11.6 Å². The highest BCUT2D eigenvalue weighted by Crippen LogP contribution is 2.17. The molecule has 1 aliphatic rings. The van der Waals surface area contributed by atoms with E-state index in [1.165, 1.54) is 0 Å². The van der Waals surface area contributed by atoms with Crippen LogP contribution in [-0.4, -0.2) is 56.1 Å². The van der Waals surface area contributed by atoms with Crippen molar-refractivity contribution in [3.05, 3.63) is 34.6 Å². The Bertz CT molecular complexity index is 427. The number of nitrogens with zero attached hydrogens (tertiary/aromatic N) is 2. The number of halogens is 2. The molecule has 0 aromatic heterocycles. The average molecular weight is 286 g/mol. The van der Waals surface area contributed by atoms with E-state index in [0.717, 1.165) is 26.2 Å². The quantitative estimate of drug-likeness (QED) is 0.910. The van der Waals surface area contributed by atoms with Gasteiger partial charge in [-0.15, -0.1) is 0 Å². The first-order valence-electron chi connectivity index (χ1n) is 6.60. The van der Waals surface area contributed by atoms with Gasteiger partial charge in [0.2, 0.25) is 0 Å². The molecule has 3 nitrogen and oxygen atoms in total. The van der Waals surface area contributed by atoms with Crippen molar-refractivity contribution in [2.45, 2.75) is 12.6 Å². The lowest BCUT2D eigenvalue weighted by Gasteiger charge is -2.37. The first-order chi connectivity index (χ1) is 9.08. The lowest BCUT2D eigenvalue weighted by Crippen LogP contribution is -2.53. The van der Waals surface area contributed by atoms with Crippen LogP contribution in [0.5, 0.6) is 0 Å². The average Bonchev–Trinajstić information content (AvgIpc) is 2.38. The minimum Gasteiger partial charge on any atom is -0.311 e. The number of nitrogens with one attached hydrogen (secondary N) is 1. The molecular weight excluding hydrogens is 265 g/mol. The highest BCUT2D eigenvalue weighted by molar-refractivity contribution is 6.30. The molecule has 1 aromatic carbocycles. The van der Waals surface area contributed by atoms with Crippen molar-refractivity contribution in [3.8, 4) is 0 Å². The standard InChI is InChI=1S/C14H21ClFN3/c1-18-6-7-19(2)12(10-18)9-17-8-11-4-3-5-13(15)14(11)16/h3-5,12,17H,6-10H2,1-2H3. The predicted octanol–water partition coefficient (Wildman–Crippen LogP) is 1.81. The van der Waals surface area contributed by atoms with Gasteiger partial charge in [0, 0.05) is 44.3 Å². The molecule has 1 aromatic rings. The topological polar surface area (TPSA) is 18.5 Å². The van der Waals surface area contributed by atoms with E-state index in [1.54, 1.807) is 18.2 Å². The number of likely N-dealkylation sites (N-methyl/N-ethyl adjacent to an activating group) is 2. The maximum atomic E-state index is 13.7. The summed E-state index contributed by atoms with van der Waals surface area (Å²) in [6.07, 6.45) is 0. The van der Waals surface area contributed by atoms with Crippen molar-refractivity contribution in [1.29, 1.82) is 0 Å². The van der Waals surface area contributed by atoms with Crippen LogP contribution in [0.2, 0.25) is 5.02 Å². The van der Waals surface area contributed by atoms with Crippen molar-refractivity contribution in [3.63, 3.8) is 0 Å². The van der Waals surface area contributed by atoms with E-state index in [-0.39, 0.29) is 10.8 Å². The van der Waals surface area contributed by atoms with Gasteiger partial charge in [0.15, 0.2) is 0 Å². The van der Waals surface area contributed by atoms with Crippen LogP contribution in [0, 0.1) is 5.82 Å². The van der Waals surface area contributed by atoms with Gasteiger partial charge < -0.3 is 10.2 Å². The fraction of sp³-hybridized carbons (Fsp3) is 0.571. The van der Waals surface area contributed by atoms with Crippen molar-refractivity contribution in [2.75, 3.05) is 40.3 Å². The van der Waals surface area contributed by atoms with E-state index in [4.69, 9.17) is 11.6 Å². The Hall–Kier alpha value is -0.680. The SMILES string of the molecule is CN1CCN(C)C(CNCc2cccc(Cl)c2F)C1. The predicted molar refractivity (Wildman–Crippen MR) is 77.0 cm³/mol. The van der Waals surface area contributed by atoms with E-state index in [9.17, 15) is 4.39 Å². The fourth-order valence-corrected chi connectivity index (χ4v) is 2.57. The molecule has 0 radical (unpaired) electrons. The molecule has 2 rings (SSSR count). The maximum absolute atomic E-state index is 13.7. The van der Waals surface area contributed by atoms with Crippen LogP contribution in [0.15, 0.2) is 18.2 Å². The summed E-state index contributed by atoms with van der Waals surface area (Å²) in [4.78, 5) is 4.67. The lowest BCUT2D eigenvalue weighted by atomic mass is 10.1. The Kier molecular flexibility index (Phi) is 5.16. The lowest BCUT2D eigenvalue weighted by molar-refractivity contribution is 0.113. The molecule has 1 fully saturated rings. The van der Waals surface area contributed by atoms with Crippen molar-refractivity contribution in [2.24, 2.45) is 0 Å². The van der Waals surface area contributed by atoms with Crippen molar-refractivity contribution < 1.29 is 4.39 Å². The van der Waals surface area contributed by atoms with Crippen LogP contribution in [0.3, 0.4) is 0 Å². The van der Waals surface area contributed by atoms with Crippen molar-refractivity contribution in [1.82, 2.24) is 15.1 Å². The zero-order valence-corrected chi connectivity index (χ0v) is 12.3. The molecule has 1 unspecified atom stereocenters. The summed E-state index contributed by atoms with van der Waals surface area (Å²) in [5.74, 6) is -0.314. The van der Waals surface area contributed by atoms with Crippen LogP contribution < -0.4 is 5.32 Å². The highest BCUT2D eigenvalue weighted by atomic mass is 35.5. The normalized spacial score (nSPS) is 21.8. The third-order valence-electron chi connectivity index (χ3n) is 3.71. The highest BCUT2D eigenvalue weighted by Gasteiger charge is 2.21. The molecule has 1 saturated heterocycles. The molecule has 1 atom stereocenters. The zero-order valence-electron chi connectivity index (χ0n) is 11.5. The third-order valence-corrected chi connectivity index (χ3v) is 4.00. The fourth-order valence-electron chi connectivity index (χ4n) is 2.38. The van der Waals surface area contributed by atoms with Gasteiger partial charge in [0.1, 0.15) is 5.82 Å². The molecule has 19 heavy (non-hydrogen) atoms. The van der Waals surface area contributed by atoms with Crippen LogP contribution in [0.1, 0.15) is 5.56 Å². The largest absolute Gasteiger partial charge is 0.311 e. The summed E-state index contributed by atoms with van der Waals surface area (Å²) in [6.45, 7) is 4.60. The molecule has 1 N–H and O–H groups in total. The minimum absolute atomic E-state index is 0.189. The van der Waals surface area contributed by atoms with Crippen LogP contribution in [-0.2, 0) is 6.54 Å². The number of hydrogen-bond acceptors (Lipinski definition) is 3. The first kappa shape index (κ1) is 14.7. The second kappa shape index (κ2) is 6.66. The Morgan fingerprint density at radius 3 is 2.95 bits per heavy atom. The number of rotatable bonds is 4. The van der Waals surface area contributed by atoms with Gasteiger partial charge in [0.25, 0.3) is 0 Å². The molecule has 1 heterocycles. The summed E-state index contributed by atoms with van der Waals surface area (Å²) in [7, 11) is 4.27. The molecule has 1 aliphatic heterocycles. The van der Waals surface area contributed by atoms with E-state index in [0.29, 0.717) is 18.2 Å². The van der Waals surface area contributed by atoms with Crippen molar-refractivity contribution >= 4 is 11.6 Å². The molecule has 0 aliphatic carbocycles. The summed E-state index contributed by atoms with van der Waals surface area (Å²) < 4.78 is 13.7. The number of hydrogen-bond donors (Lipinski definition) is 1. The Labute approximate surface area is 119 Å². The summed E-state index contributed by atoms with van der Waals surface area (Å²) in [5.41, 5.74) is 0.624. The van der Waals surface area contributed by atoms with Gasteiger partial charge in [-0.1, -0.05) is 23.7 Å². The molecule has 0 spiro atoms. The number of piperazine rings is 1. The second-order valence-electron chi connectivity index (χ2n) is 5.24. The molecule has 106 valence electrons. The Balaban J connectivity index is 1.84.